The van der Waals surface area contributed by atoms with Gasteiger partial charge >= 0.3 is 5.97 Å². The van der Waals surface area contributed by atoms with Gasteiger partial charge in [0.05, 0.1) is 16.5 Å². The first kappa shape index (κ1) is 20.4. The number of carbonyl (C=O) groups is 2. The summed E-state index contributed by atoms with van der Waals surface area (Å²) in [5.74, 6) is -2.29. The van der Waals surface area contributed by atoms with Crippen molar-refractivity contribution < 1.29 is 23.1 Å². The van der Waals surface area contributed by atoms with E-state index < -0.39 is 27.8 Å². The molecule has 0 radical (unpaired) electrons. The van der Waals surface area contributed by atoms with E-state index in [0.717, 1.165) is 9.87 Å². The number of nitrogens with one attached hydrogen (secondary N) is 1. The van der Waals surface area contributed by atoms with Crippen molar-refractivity contribution in [2.45, 2.75) is 18.7 Å². The number of benzene rings is 2. The number of amides is 1. The first-order valence-corrected chi connectivity index (χ1v) is 9.73. The lowest BCUT2D eigenvalue weighted by atomic mass is 10.1. The summed E-state index contributed by atoms with van der Waals surface area (Å²) in [6.45, 7) is 3.33. The number of hydrogen-bond donors (Lipinski definition) is 2. The average molecular weight is 390 g/mol. The van der Waals surface area contributed by atoms with Gasteiger partial charge in [-0.25, -0.2) is 8.42 Å². The van der Waals surface area contributed by atoms with Gasteiger partial charge in [0.15, 0.2) is 0 Å². The Morgan fingerprint density at radius 3 is 2.37 bits per heavy atom. The molecule has 0 aliphatic carbocycles. The number of anilines is 1. The van der Waals surface area contributed by atoms with Gasteiger partial charge in [0.2, 0.25) is 0 Å². The number of carbonyl (C=O) groups excluding carboxylic acids is 1. The third-order valence-corrected chi connectivity index (χ3v) is 5.92. The molecule has 2 N–H and O–H groups in total. The SMILES string of the molecule is Cc1ccc(N(C)S(=O)(=O)c2cccc(C(=O)NCC(C)C(=O)O)c2)cc1. The third kappa shape index (κ3) is 4.85. The normalized spacial score (nSPS) is 12.3. The molecule has 2 rings (SSSR count). The molecule has 1 atom stereocenters. The van der Waals surface area contributed by atoms with Crippen LogP contribution < -0.4 is 9.62 Å². The smallest absolute Gasteiger partial charge is 0.308 e. The molecule has 2 aromatic carbocycles. The maximum Gasteiger partial charge on any atom is 0.308 e. The highest BCUT2D eigenvalue weighted by molar-refractivity contribution is 7.92. The zero-order chi connectivity index (χ0) is 20.2. The Labute approximate surface area is 158 Å². The fraction of sp³-hybridized carbons (Fsp3) is 0.263. The molecule has 27 heavy (non-hydrogen) atoms. The van der Waals surface area contributed by atoms with Crippen molar-refractivity contribution in [2.24, 2.45) is 5.92 Å². The van der Waals surface area contributed by atoms with Gasteiger partial charge in [0.1, 0.15) is 0 Å². The van der Waals surface area contributed by atoms with Crippen molar-refractivity contribution in [1.82, 2.24) is 5.32 Å². The number of aliphatic carboxylic acids is 1. The summed E-state index contributed by atoms with van der Waals surface area (Å²) in [6, 6.07) is 12.7. The Balaban J connectivity index is 2.23. The van der Waals surface area contributed by atoms with Crippen LogP contribution in [-0.2, 0) is 14.8 Å². The minimum Gasteiger partial charge on any atom is -0.481 e. The molecular formula is C19H22N2O5S. The summed E-state index contributed by atoms with van der Waals surface area (Å²) in [5.41, 5.74) is 1.66. The maximum absolute atomic E-state index is 12.9. The number of aryl methyl sites for hydroxylation is 1. The van der Waals surface area contributed by atoms with E-state index in [1.165, 1.54) is 38.2 Å². The van der Waals surface area contributed by atoms with E-state index >= 15 is 0 Å². The molecule has 1 unspecified atom stereocenters. The first-order valence-electron chi connectivity index (χ1n) is 8.29. The minimum atomic E-state index is -3.85. The van der Waals surface area contributed by atoms with Gasteiger partial charge in [-0.2, -0.15) is 0 Å². The van der Waals surface area contributed by atoms with Crippen LogP contribution in [0.3, 0.4) is 0 Å². The summed E-state index contributed by atoms with van der Waals surface area (Å²) in [5, 5.41) is 11.4. The van der Waals surface area contributed by atoms with E-state index in [2.05, 4.69) is 5.32 Å². The highest BCUT2D eigenvalue weighted by Crippen LogP contribution is 2.23. The van der Waals surface area contributed by atoms with Crippen LogP contribution in [-0.4, -0.2) is 39.0 Å². The van der Waals surface area contributed by atoms with Gasteiger partial charge < -0.3 is 10.4 Å². The molecule has 0 aliphatic rings. The Morgan fingerprint density at radius 2 is 1.78 bits per heavy atom. The van der Waals surface area contributed by atoms with E-state index in [4.69, 9.17) is 5.11 Å². The molecule has 8 heteroatoms. The molecule has 0 saturated carbocycles. The van der Waals surface area contributed by atoms with Crippen LogP contribution >= 0.6 is 0 Å². The summed E-state index contributed by atoms with van der Waals surface area (Å²) in [4.78, 5) is 23.0. The molecule has 0 heterocycles. The number of carboxylic acids is 1. The number of carboxylic acid groups (broad SMARTS) is 1. The summed E-state index contributed by atoms with van der Waals surface area (Å²) in [6.07, 6.45) is 0. The Bertz CT molecular complexity index is 939. The van der Waals surface area contributed by atoms with Crippen molar-refractivity contribution in [2.75, 3.05) is 17.9 Å². The predicted octanol–water partition coefficient (Wildman–Crippen LogP) is 2.27. The van der Waals surface area contributed by atoms with E-state index in [-0.39, 0.29) is 17.0 Å². The fourth-order valence-corrected chi connectivity index (χ4v) is 3.53. The zero-order valence-corrected chi connectivity index (χ0v) is 16.2. The van der Waals surface area contributed by atoms with Crippen LogP contribution in [0.2, 0.25) is 0 Å². The molecule has 0 aliphatic heterocycles. The number of nitrogens with zero attached hydrogens (tertiary/aromatic N) is 1. The number of sulfonamides is 1. The van der Waals surface area contributed by atoms with E-state index in [0.29, 0.717) is 5.69 Å². The molecule has 0 spiro atoms. The second-order valence-electron chi connectivity index (χ2n) is 6.29. The fourth-order valence-electron chi connectivity index (χ4n) is 2.28. The summed E-state index contributed by atoms with van der Waals surface area (Å²) >= 11 is 0. The average Bonchev–Trinajstić information content (AvgIpc) is 2.65. The van der Waals surface area contributed by atoms with Gasteiger partial charge in [0, 0.05) is 19.2 Å². The van der Waals surface area contributed by atoms with Gasteiger partial charge in [-0.1, -0.05) is 30.7 Å². The standard InChI is InChI=1S/C19H22N2O5S/c1-13-7-9-16(10-8-13)21(3)27(25,26)17-6-4-5-15(11-17)18(22)20-12-14(2)19(23)24/h4-11,14H,12H2,1-3H3,(H,20,22)(H,23,24). The van der Waals surface area contributed by atoms with Crippen LogP contribution in [0.25, 0.3) is 0 Å². The molecule has 7 nitrogen and oxygen atoms in total. The largest absolute Gasteiger partial charge is 0.481 e. The Morgan fingerprint density at radius 1 is 1.15 bits per heavy atom. The van der Waals surface area contributed by atoms with Crippen LogP contribution in [0.5, 0.6) is 0 Å². The molecule has 0 aromatic heterocycles. The Kier molecular flexibility index (Phi) is 6.22. The lowest BCUT2D eigenvalue weighted by Crippen LogP contribution is -2.32. The van der Waals surface area contributed by atoms with Crippen molar-refractivity contribution >= 4 is 27.6 Å². The first-order chi connectivity index (χ1) is 12.6. The quantitative estimate of drug-likeness (QED) is 0.755. The van der Waals surface area contributed by atoms with Crippen LogP contribution in [0, 0.1) is 12.8 Å². The van der Waals surface area contributed by atoms with E-state index in [1.54, 1.807) is 12.1 Å². The minimum absolute atomic E-state index is 0.0236. The van der Waals surface area contributed by atoms with E-state index in [9.17, 15) is 18.0 Å². The van der Waals surface area contributed by atoms with Crippen molar-refractivity contribution in [1.29, 1.82) is 0 Å². The number of hydrogen-bond acceptors (Lipinski definition) is 4. The molecule has 2 aromatic rings. The second kappa shape index (κ2) is 8.22. The van der Waals surface area contributed by atoms with Crippen LogP contribution in [0.1, 0.15) is 22.8 Å². The van der Waals surface area contributed by atoms with Crippen molar-refractivity contribution in [3.05, 3.63) is 59.7 Å². The molecule has 0 bridgehead atoms. The second-order valence-corrected chi connectivity index (χ2v) is 8.25. The predicted molar refractivity (Wildman–Crippen MR) is 102 cm³/mol. The van der Waals surface area contributed by atoms with E-state index in [1.807, 2.05) is 19.1 Å². The Hall–Kier alpha value is -2.87. The summed E-state index contributed by atoms with van der Waals surface area (Å²) in [7, 11) is -2.40. The van der Waals surface area contributed by atoms with Gasteiger partial charge in [-0.3, -0.25) is 13.9 Å². The highest BCUT2D eigenvalue weighted by atomic mass is 32.2. The van der Waals surface area contributed by atoms with Gasteiger partial charge in [0.25, 0.3) is 15.9 Å². The summed E-state index contributed by atoms with van der Waals surface area (Å²) < 4.78 is 26.9. The number of rotatable bonds is 7. The van der Waals surface area contributed by atoms with Gasteiger partial charge in [-0.05, 0) is 37.3 Å². The monoisotopic (exact) mass is 390 g/mol. The molecule has 0 fully saturated rings. The molecule has 0 saturated heterocycles. The molecule has 144 valence electrons. The zero-order valence-electron chi connectivity index (χ0n) is 15.3. The van der Waals surface area contributed by atoms with Crippen LogP contribution in [0.4, 0.5) is 5.69 Å². The highest BCUT2D eigenvalue weighted by Gasteiger charge is 2.22. The third-order valence-electron chi connectivity index (χ3n) is 4.14. The lowest BCUT2D eigenvalue weighted by molar-refractivity contribution is -0.140. The van der Waals surface area contributed by atoms with Crippen molar-refractivity contribution in [3.63, 3.8) is 0 Å². The lowest BCUT2D eigenvalue weighted by Gasteiger charge is -2.20. The van der Waals surface area contributed by atoms with Gasteiger partial charge in [-0.15, -0.1) is 0 Å². The topological polar surface area (TPSA) is 104 Å². The van der Waals surface area contributed by atoms with Crippen molar-refractivity contribution in [3.8, 4) is 0 Å². The molecule has 1 amide bonds. The van der Waals surface area contributed by atoms with Crippen LogP contribution in [0.15, 0.2) is 53.4 Å². The maximum atomic E-state index is 12.9. The molecular weight excluding hydrogens is 368 g/mol.